The Labute approximate surface area is 90.5 Å². The number of rotatable bonds is 3. The van der Waals surface area contributed by atoms with Crippen molar-refractivity contribution in [3.63, 3.8) is 0 Å². The van der Waals surface area contributed by atoms with Crippen LogP contribution in [0.15, 0.2) is 18.2 Å². The molecule has 1 atom stereocenters. The van der Waals surface area contributed by atoms with Crippen LogP contribution in [0.3, 0.4) is 0 Å². The molecule has 1 unspecified atom stereocenters. The van der Waals surface area contributed by atoms with Crippen LogP contribution in [0.1, 0.15) is 12.5 Å². The Morgan fingerprint density at radius 1 is 1.53 bits per heavy atom. The lowest BCUT2D eigenvalue weighted by atomic mass is 10.1. The van der Waals surface area contributed by atoms with Gasteiger partial charge in [-0.1, -0.05) is 13.0 Å². The van der Waals surface area contributed by atoms with Crippen molar-refractivity contribution in [1.29, 1.82) is 0 Å². The molecule has 15 heavy (non-hydrogen) atoms. The van der Waals surface area contributed by atoms with Crippen molar-refractivity contribution in [2.45, 2.75) is 13.3 Å². The van der Waals surface area contributed by atoms with Gasteiger partial charge in [-0.2, -0.15) is 0 Å². The van der Waals surface area contributed by atoms with Gasteiger partial charge in [-0.15, -0.1) is 0 Å². The average molecular weight is 206 g/mol. The van der Waals surface area contributed by atoms with Gasteiger partial charge in [-0.3, -0.25) is 0 Å². The van der Waals surface area contributed by atoms with Gasteiger partial charge in [0.1, 0.15) is 0 Å². The first kappa shape index (κ1) is 10.3. The topological polar surface area (TPSA) is 49.5 Å². The van der Waals surface area contributed by atoms with Crippen molar-refractivity contribution in [1.82, 2.24) is 0 Å². The highest BCUT2D eigenvalue weighted by atomic mass is 16.3. The molecular weight excluding hydrogens is 188 g/mol. The van der Waals surface area contributed by atoms with Crippen molar-refractivity contribution in [2.75, 3.05) is 30.3 Å². The highest BCUT2D eigenvalue weighted by Crippen LogP contribution is 2.32. The number of nitrogen functional groups attached to an aromatic ring is 1. The van der Waals surface area contributed by atoms with Crippen molar-refractivity contribution in [3.05, 3.63) is 23.8 Å². The number of benzene rings is 1. The van der Waals surface area contributed by atoms with E-state index in [0.717, 1.165) is 25.2 Å². The van der Waals surface area contributed by atoms with Gasteiger partial charge < -0.3 is 15.7 Å². The maximum Gasteiger partial charge on any atom is 0.0473 e. The Hall–Kier alpha value is -1.22. The van der Waals surface area contributed by atoms with Gasteiger partial charge in [0.05, 0.1) is 0 Å². The zero-order valence-corrected chi connectivity index (χ0v) is 9.11. The maximum atomic E-state index is 9.05. The minimum absolute atomic E-state index is 0.244. The third kappa shape index (κ3) is 1.92. The summed E-state index contributed by atoms with van der Waals surface area (Å²) in [4.78, 5) is 2.31. The fourth-order valence-electron chi connectivity index (χ4n) is 2.15. The van der Waals surface area contributed by atoms with Crippen molar-refractivity contribution in [2.24, 2.45) is 5.92 Å². The standard InChI is InChI=1S/C12H18N2O/c1-9(8-15)7-14-6-5-10-11(13)3-2-4-12(10)14/h2-4,9,15H,5-8,13H2,1H3. The summed E-state index contributed by atoms with van der Waals surface area (Å²) in [5.74, 6) is 0.317. The summed E-state index contributed by atoms with van der Waals surface area (Å²) in [6, 6.07) is 6.07. The van der Waals surface area contributed by atoms with E-state index in [4.69, 9.17) is 10.8 Å². The third-order valence-electron chi connectivity index (χ3n) is 3.00. The second kappa shape index (κ2) is 4.11. The van der Waals surface area contributed by atoms with E-state index in [-0.39, 0.29) is 6.61 Å². The van der Waals surface area contributed by atoms with Crippen molar-refractivity contribution >= 4 is 11.4 Å². The normalized spacial score (nSPS) is 16.5. The lowest BCUT2D eigenvalue weighted by Gasteiger charge is -2.22. The molecule has 0 bridgehead atoms. The summed E-state index contributed by atoms with van der Waals surface area (Å²) in [6.45, 7) is 4.24. The number of aliphatic hydroxyl groups excluding tert-OH is 1. The first-order chi connectivity index (χ1) is 7.22. The van der Waals surface area contributed by atoms with E-state index < -0.39 is 0 Å². The van der Waals surface area contributed by atoms with E-state index in [1.165, 1.54) is 11.3 Å². The molecule has 1 aliphatic rings. The Morgan fingerprint density at radius 2 is 2.33 bits per heavy atom. The summed E-state index contributed by atoms with van der Waals surface area (Å²) < 4.78 is 0. The lowest BCUT2D eigenvalue weighted by Crippen LogP contribution is -2.27. The van der Waals surface area contributed by atoms with E-state index in [9.17, 15) is 0 Å². The smallest absolute Gasteiger partial charge is 0.0473 e. The molecule has 2 rings (SSSR count). The maximum absolute atomic E-state index is 9.05. The average Bonchev–Trinajstić information content (AvgIpc) is 2.63. The molecule has 3 nitrogen and oxygen atoms in total. The summed E-state index contributed by atoms with van der Waals surface area (Å²) in [7, 11) is 0. The zero-order valence-electron chi connectivity index (χ0n) is 9.11. The fraction of sp³-hybridized carbons (Fsp3) is 0.500. The SMILES string of the molecule is CC(CO)CN1CCc2c(N)cccc21. The van der Waals surface area contributed by atoms with Crippen LogP contribution in [-0.2, 0) is 6.42 Å². The minimum Gasteiger partial charge on any atom is -0.398 e. The van der Waals surface area contributed by atoms with Gasteiger partial charge in [-0.25, -0.2) is 0 Å². The van der Waals surface area contributed by atoms with Crippen LogP contribution in [0.25, 0.3) is 0 Å². The Kier molecular flexibility index (Phi) is 2.82. The Bertz CT molecular complexity index is 351. The highest BCUT2D eigenvalue weighted by Gasteiger charge is 2.21. The molecule has 1 aromatic rings. The summed E-state index contributed by atoms with van der Waals surface area (Å²) in [5, 5.41) is 9.05. The van der Waals surface area contributed by atoms with Crippen LogP contribution in [0, 0.1) is 5.92 Å². The molecule has 1 aromatic carbocycles. The van der Waals surface area contributed by atoms with Crippen molar-refractivity contribution in [3.8, 4) is 0 Å². The molecule has 0 spiro atoms. The first-order valence-electron chi connectivity index (χ1n) is 5.45. The molecule has 1 aliphatic heterocycles. The van der Waals surface area contributed by atoms with Crippen LogP contribution in [0.5, 0.6) is 0 Å². The minimum atomic E-state index is 0.244. The largest absolute Gasteiger partial charge is 0.398 e. The predicted molar refractivity (Wildman–Crippen MR) is 63.0 cm³/mol. The molecule has 0 saturated heterocycles. The van der Waals surface area contributed by atoms with Crippen LogP contribution in [-0.4, -0.2) is 24.8 Å². The molecule has 0 amide bonds. The molecule has 0 aromatic heterocycles. The van der Waals surface area contributed by atoms with Crippen LogP contribution >= 0.6 is 0 Å². The van der Waals surface area contributed by atoms with Crippen LogP contribution in [0.4, 0.5) is 11.4 Å². The molecule has 3 heteroatoms. The number of fused-ring (bicyclic) bond motifs is 1. The molecule has 0 aliphatic carbocycles. The number of nitrogens with zero attached hydrogens (tertiary/aromatic N) is 1. The number of hydrogen-bond donors (Lipinski definition) is 2. The molecular formula is C12H18N2O. The van der Waals surface area contributed by atoms with Gasteiger partial charge in [0.25, 0.3) is 0 Å². The molecule has 82 valence electrons. The molecule has 1 heterocycles. The van der Waals surface area contributed by atoms with E-state index in [0.29, 0.717) is 5.92 Å². The number of anilines is 2. The molecule has 0 saturated carbocycles. The van der Waals surface area contributed by atoms with Gasteiger partial charge >= 0.3 is 0 Å². The predicted octanol–water partition coefficient (Wildman–Crippen LogP) is 1.26. The lowest BCUT2D eigenvalue weighted by molar-refractivity contribution is 0.239. The van der Waals surface area contributed by atoms with Crippen molar-refractivity contribution < 1.29 is 5.11 Å². The van der Waals surface area contributed by atoms with Gasteiger partial charge in [0.2, 0.25) is 0 Å². The fourth-order valence-corrected chi connectivity index (χ4v) is 2.15. The van der Waals surface area contributed by atoms with E-state index in [1.807, 2.05) is 12.1 Å². The van der Waals surface area contributed by atoms with E-state index in [1.54, 1.807) is 0 Å². The zero-order chi connectivity index (χ0) is 10.8. The quantitative estimate of drug-likeness (QED) is 0.732. The molecule has 3 N–H and O–H groups in total. The Morgan fingerprint density at radius 3 is 3.07 bits per heavy atom. The van der Waals surface area contributed by atoms with Gasteiger partial charge in [0, 0.05) is 36.6 Å². The summed E-state index contributed by atoms with van der Waals surface area (Å²) in [5.41, 5.74) is 9.33. The summed E-state index contributed by atoms with van der Waals surface area (Å²) in [6.07, 6.45) is 1.03. The summed E-state index contributed by atoms with van der Waals surface area (Å²) >= 11 is 0. The highest BCUT2D eigenvalue weighted by molar-refractivity contribution is 5.68. The first-order valence-corrected chi connectivity index (χ1v) is 5.45. The third-order valence-corrected chi connectivity index (χ3v) is 3.00. The molecule has 0 radical (unpaired) electrons. The van der Waals surface area contributed by atoms with E-state index >= 15 is 0 Å². The second-order valence-electron chi connectivity index (χ2n) is 4.33. The monoisotopic (exact) mass is 206 g/mol. The van der Waals surface area contributed by atoms with Gasteiger partial charge in [0.15, 0.2) is 0 Å². The number of hydrogen-bond acceptors (Lipinski definition) is 3. The Balaban J connectivity index is 2.18. The molecule has 0 fully saturated rings. The number of nitrogens with two attached hydrogens (primary N) is 1. The van der Waals surface area contributed by atoms with Crippen LogP contribution in [0.2, 0.25) is 0 Å². The second-order valence-corrected chi connectivity index (χ2v) is 4.33. The van der Waals surface area contributed by atoms with E-state index in [2.05, 4.69) is 17.9 Å². The van der Waals surface area contributed by atoms with Gasteiger partial charge in [-0.05, 0) is 24.5 Å². The number of aliphatic hydroxyl groups is 1. The van der Waals surface area contributed by atoms with Crippen LogP contribution < -0.4 is 10.6 Å².